The fourth-order valence-corrected chi connectivity index (χ4v) is 7.25. The molecule has 5 aromatic rings. The fraction of sp³-hybridized carbons (Fsp3) is 0.342. The zero-order chi connectivity index (χ0) is 34.2. The molecular formula is C38H39FN8O3. The molecule has 0 spiro atoms. The summed E-state index contributed by atoms with van der Waals surface area (Å²) in [6, 6.07) is 15.4. The maximum atomic E-state index is 16.7. The smallest absolute Gasteiger partial charge is 0.270 e. The molecular weight excluding hydrogens is 635 g/mol. The number of methoxy groups -OCH3 is 1. The number of fused-ring (bicyclic) bond motifs is 1. The lowest BCUT2D eigenvalue weighted by atomic mass is 9.93. The van der Waals surface area contributed by atoms with Gasteiger partial charge in [0.05, 0.1) is 25.4 Å². The first-order chi connectivity index (χ1) is 24.5. The van der Waals surface area contributed by atoms with Gasteiger partial charge in [-0.25, -0.2) is 9.37 Å². The number of carbonyl (C=O) groups is 2. The molecule has 3 aliphatic rings. The number of carbonyl (C=O) groups excluding carboxylic acids is 2. The number of ether oxygens (including phenoxy) is 1. The van der Waals surface area contributed by atoms with E-state index in [1.165, 1.54) is 18.4 Å². The molecule has 0 bridgehead atoms. The number of aromatic amines is 1. The monoisotopic (exact) mass is 674 g/mol. The number of hydrogen-bond donors (Lipinski definition) is 1. The number of benzene rings is 2. The zero-order valence-corrected chi connectivity index (χ0v) is 28.0. The van der Waals surface area contributed by atoms with Gasteiger partial charge in [-0.1, -0.05) is 35.6 Å². The number of H-pyrrole nitrogens is 1. The highest BCUT2D eigenvalue weighted by atomic mass is 19.1. The third-order valence-corrected chi connectivity index (χ3v) is 10.1. The molecule has 256 valence electrons. The van der Waals surface area contributed by atoms with Crippen LogP contribution < -0.4 is 9.64 Å². The van der Waals surface area contributed by atoms with E-state index in [1.807, 2.05) is 53.6 Å². The molecule has 1 N–H and O–H groups in total. The Bertz CT molecular complexity index is 2080. The van der Waals surface area contributed by atoms with Crippen molar-refractivity contribution in [2.45, 2.75) is 38.1 Å². The van der Waals surface area contributed by atoms with Crippen molar-refractivity contribution < 1.29 is 18.7 Å². The van der Waals surface area contributed by atoms with E-state index in [1.54, 1.807) is 35.2 Å². The highest BCUT2D eigenvalue weighted by Gasteiger charge is 2.31. The molecule has 0 unspecified atom stereocenters. The maximum Gasteiger partial charge on any atom is 0.270 e. The van der Waals surface area contributed by atoms with Crippen LogP contribution in [0.3, 0.4) is 0 Å². The second-order valence-electron chi connectivity index (χ2n) is 13.2. The standard InChI is InChI=1S/C38H39FN8O3/c1-50-33-9-3-2-7-28(33)30-22-29(26-6-5-15-46(24-26)34(48)12-16-47-17-14-41-43-47)35(39)36-31(30)23-32(42-36)38(49)45-20-18-44(19-21-45)37-27(25-10-11-25)8-4-13-40-37/h2-4,6-9,13-14,17,22-23,25,42H,5,10-12,15-16,18-21,24H2,1H3. The van der Waals surface area contributed by atoms with E-state index in [2.05, 4.69) is 26.3 Å². The molecule has 2 fully saturated rings. The fourth-order valence-electron chi connectivity index (χ4n) is 7.25. The largest absolute Gasteiger partial charge is 0.496 e. The van der Waals surface area contributed by atoms with Gasteiger partial charge in [0.1, 0.15) is 17.3 Å². The van der Waals surface area contributed by atoms with Crippen LogP contribution in [0.2, 0.25) is 0 Å². The highest BCUT2D eigenvalue weighted by Crippen LogP contribution is 2.44. The first-order valence-corrected chi connectivity index (χ1v) is 17.3. The Kier molecular flexibility index (Phi) is 8.51. The molecule has 3 aromatic heterocycles. The van der Waals surface area contributed by atoms with Crippen molar-refractivity contribution in [3.05, 3.63) is 95.8 Å². The average molecular weight is 675 g/mol. The lowest BCUT2D eigenvalue weighted by Gasteiger charge is -2.36. The van der Waals surface area contributed by atoms with Gasteiger partial charge in [0.2, 0.25) is 5.91 Å². The Labute approximate surface area is 289 Å². The lowest BCUT2D eigenvalue weighted by Crippen LogP contribution is -2.49. The number of anilines is 1. The molecule has 1 aliphatic carbocycles. The van der Waals surface area contributed by atoms with Crippen molar-refractivity contribution in [1.82, 2.24) is 34.8 Å². The number of halogens is 1. The lowest BCUT2D eigenvalue weighted by molar-refractivity contribution is -0.131. The van der Waals surface area contributed by atoms with Crippen molar-refractivity contribution in [3.63, 3.8) is 0 Å². The van der Waals surface area contributed by atoms with Crippen molar-refractivity contribution in [2.24, 2.45) is 0 Å². The molecule has 0 atom stereocenters. The number of hydrogen-bond acceptors (Lipinski definition) is 7. The summed E-state index contributed by atoms with van der Waals surface area (Å²) < 4.78 is 24.0. The van der Waals surface area contributed by atoms with E-state index < -0.39 is 5.82 Å². The Morgan fingerprint density at radius 2 is 1.80 bits per heavy atom. The number of pyridine rings is 1. The second-order valence-corrected chi connectivity index (χ2v) is 13.2. The maximum absolute atomic E-state index is 16.7. The van der Waals surface area contributed by atoms with E-state index in [0.29, 0.717) is 74.0 Å². The first-order valence-electron chi connectivity index (χ1n) is 17.3. The minimum Gasteiger partial charge on any atom is -0.496 e. The van der Waals surface area contributed by atoms with Gasteiger partial charge in [-0.2, -0.15) is 0 Å². The number of aromatic nitrogens is 5. The van der Waals surface area contributed by atoms with Crippen molar-refractivity contribution in [3.8, 4) is 16.9 Å². The number of nitrogens with zero attached hydrogens (tertiary/aromatic N) is 7. The van der Waals surface area contributed by atoms with Crippen molar-refractivity contribution in [2.75, 3.05) is 51.3 Å². The molecule has 1 saturated heterocycles. The summed E-state index contributed by atoms with van der Waals surface area (Å²) in [4.78, 5) is 40.9. The summed E-state index contributed by atoms with van der Waals surface area (Å²) in [6.45, 7) is 3.68. The molecule has 1 saturated carbocycles. The second kappa shape index (κ2) is 13.4. The topological polar surface area (TPSA) is 112 Å². The number of amides is 2. The van der Waals surface area contributed by atoms with E-state index in [9.17, 15) is 9.59 Å². The molecule has 50 heavy (non-hydrogen) atoms. The number of nitrogens with one attached hydrogen (secondary N) is 1. The summed E-state index contributed by atoms with van der Waals surface area (Å²) in [5, 5.41) is 8.35. The van der Waals surface area contributed by atoms with Gasteiger partial charge in [0, 0.05) is 74.6 Å². The minimum absolute atomic E-state index is 0.0304. The third kappa shape index (κ3) is 6.10. The van der Waals surface area contributed by atoms with Crippen molar-refractivity contribution in [1.29, 1.82) is 0 Å². The summed E-state index contributed by atoms with van der Waals surface area (Å²) in [5.41, 5.74) is 4.52. The molecule has 2 aromatic carbocycles. The molecule has 12 heteroatoms. The van der Waals surface area contributed by atoms with Gasteiger partial charge >= 0.3 is 0 Å². The highest BCUT2D eigenvalue weighted by molar-refractivity contribution is 6.05. The summed E-state index contributed by atoms with van der Waals surface area (Å²) in [5.74, 6) is 1.60. The summed E-state index contributed by atoms with van der Waals surface area (Å²) in [7, 11) is 1.61. The van der Waals surface area contributed by atoms with Crippen LogP contribution in [-0.2, 0) is 11.3 Å². The zero-order valence-electron chi connectivity index (χ0n) is 28.0. The van der Waals surface area contributed by atoms with Gasteiger partial charge in [-0.15, -0.1) is 5.10 Å². The molecule has 2 amide bonds. The predicted molar refractivity (Wildman–Crippen MR) is 188 cm³/mol. The van der Waals surface area contributed by atoms with Crippen LogP contribution in [0.4, 0.5) is 10.2 Å². The van der Waals surface area contributed by atoms with E-state index in [0.717, 1.165) is 22.5 Å². The number of rotatable bonds is 9. The number of piperazine rings is 1. The van der Waals surface area contributed by atoms with Crippen LogP contribution in [0.5, 0.6) is 5.75 Å². The van der Waals surface area contributed by atoms with Gasteiger partial charge in [-0.05, 0) is 66.1 Å². The normalized spacial score (nSPS) is 16.5. The van der Waals surface area contributed by atoms with Gasteiger partial charge in [-0.3, -0.25) is 14.3 Å². The summed E-state index contributed by atoms with van der Waals surface area (Å²) in [6.07, 6.45) is 10.4. The predicted octanol–water partition coefficient (Wildman–Crippen LogP) is 5.51. The average Bonchev–Trinajstić information content (AvgIpc) is 3.68. The minimum atomic E-state index is -0.451. The van der Waals surface area contributed by atoms with E-state index in [4.69, 9.17) is 9.72 Å². The molecule has 0 radical (unpaired) electrons. The molecule has 5 heterocycles. The van der Waals surface area contributed by atoms with Gasteiger partial charge in [0.15, 0.2) is 5.82 Å². The van der Waals surface area contributed by atoms with Crippen LogP contribution in [0, 0.1) is 5.82 Å². The van der Waals surface area contributed by atoms with Gasteiger partial charge < -0.3 is 24.4 Å². The van der Waals surface area contributed by atoms with Crippen LogP contribution in [-0.4, -0.2) is 93.0 Å². The van der Waals surface area contributed by atoms with Crippen molar-refractivity contribution >= 4 is 34.1 Å². The SMILES string of the molecule is COc1ccccc1-c1cc(C2=CCCN(C(=O)CCn3ccnn3)C2)c(F)c2[nH]c(C(=O)N3CCN(c4ncccc4C4CC4)CC3)cc12. The van der Waals surface area contributed by atoms with Crippen LogP contribution in [0.25, 0.3) is 27.6 Å². The quantitative estimate of drug-likeness (QED) is 0.219. The first kappa shape index (κ1) is 31.7. The van der Waals surface area contributed by atoms with Crippen LogP contribution in [0.1, 0.15) is 53.2 Å². The number of aryl methyl sites for hydroxylation is 1. The van der Waals surface area contributed by atoms with Crippen LogP contribution >= 0.6 is 0 Å². The Morgan fingerprint density at radius 3 is 2.58 bits per heavy atom. The van der Waals surface area contributed by atoms with E-state index in [-0.39, 0.29) is 30.3 Å². The molecule has 2 aliphatic heterocycles. The molecule has 8 rings (SSSR count). The van der Waals surface area contributed by atoms with E-state index >= 15 is 4.39 Å². The van der Waals surface area contributed by atoms with Crippen LogP contribution in [0.15, 0.2) is 73.2 Å². The number of para-hydroxylation sites is 1. The Morgan fingerprint density at radius 1 is 0.960 bits per heavy atom. The molecule has 11 nitrogen and oxygen atoms in total. The third-order valence-electron chi connectivity index (χ3n) is 10.1. The summed E-state index contributed by atoms with van der Waals surface area (Å²) >= 11 is 0. The van der Waals surface area contributed by atoms with Gasteiger partial charge in [0.25, 0.3) is 5.91 Å². The Hall–Kier alpha value is -5.52. The Balaban J connectivity index is 1.08.